The molecule has 9 atom stereocenters. The van der Waals surface area contributed by atoms with Gasteiger partial charge in [-0.15, -0.1) is 0 Å². The van der Waals surface area contributed by atoms with E-state index in [2.05, 4.69) is 90.6 Å². The van der Waals surface area contributed by atoms with Crippen LogP contribution in [-0.2, 0) is 4.74 Å². The topological polar surface area (TPSA) is 41.6 Å². The predicted octanol–water partition coefficient (Wildman–Crippen LogP) is 10.2. The third kappa shape index (κ3) is 5.58. The lowest BCUT2D eigenvalue weighted by Gasteiger charge is -2.72. The summed E-state index contributed by atoms with van der Waals surface area (Å²) in [6.07, 6.45) is 14.4. The Bertz CT molecular complexity index is 1430. The van der Waals surface area contributed by atoms with Gasteiger partial charge < -0.3 is 15.0 Å². The van der Waals surface area contributed by atoms with Gasteiger partial charge in [-0.25, -0.2) is 4.79 Å². The molecular formula is C44H68N2O2. The molecule has 4 heteroatoms. The molecule has 5 aliphatic carbocycles. The molecule has 1 aromatic rings. The molecule has 4 nitrogen and oxygen atoms in total. The van der Waals surface area contributed by atoms with Crippen LogP contribution in [0.25, 0.3) is 5.57 Å². The maximum absolute atomic E-state index is 12.7. The van der Waals surface area contributed by atoms with Crippen LogP contribution in [0.15, 0.2) is 42.5 Å². The molecule has 0 heterocycles. The summed E-state index contributed by atoms with van der Waals surface area (Å²) in [6, 6.07) is 8.26. The first kappa shape index (κ1) is 35.9. The van der Waals surface area contributed by atoms with Crippen molar-refractivity contribution < 1.29 is 9.53 Å². The second-order valence-electron chi connectivity index (χ2n) is 19.7. The minimum absolute atomic E-state index is 0.0636. The summed E-state index contributed by atoms with van der Waals surface area (Å²) < 4.78 is 5.65. The Balaban J connectivity index is 1.29. The van der Waals surface area contributed by atoms with Gasteiger partial charge in [-0.3, -0.25) is 0 Å². The summed E-state index contributed by atoms with van der Waals surface area (Å²) >= 11 is 0. The Kier molecular flexibility index (Phi) is 9.05. The minimum Gasteiger partial charge on any atom is -0.456 e. The van der Waals surface area contributed by atoms with Crippen LogP contribution in [0, 0.1) is 51.2 Å². The number of hydrogen-bond donors (Lipinski definition) is 1. The third-order valence-corrected chi connectivity index (χ3v) is 15.5. The smallest absolute Gasteiger partial charge is 0.338 e. The van der Waals surface area contributed by atoms with Crippen molar-refractivity contribution in [3.05, 3.63) is 53.6 Å². The van der Waals surface area contributed by atoms with Gasteiger partial charge in [-0.1, -0.05) is 65.0 Å². The molecule has 1 aromatic carbocycles. The fraction of sp³-hybridized carbons (Fsp3) is 0.750. The Labute approximate surface area is 293 Å². The number of rotatable bonds is 7. The predicted molar refractivity (Wildman–Crippen MR) is 201 cm³/mol. The van der Waals surface area contributed by atoms with Crippen molar-refractivity contribution in [3.8, 4) is 0 Å². The van der Waals surface area contributed by atoms with E-state index < -0.39 is 5.60 Å². The molecule has 1 N–H and O–H groups in total. The average Bonchev–Trinajstić information content (AvgIpc) is 3.36. The first-order valence-electron chi connectivity index (χ1n) is 19.4. The van der Waals surface area contributed by atoms with Crippen LogP contribution in [0.5, 0.6) is 0 Å². The van der Waals surface area contributed by atoms with Crippen LogP contribution < -0.4 is 5.32 Å². The number of ether oxygens (including phenoxy) is 1. The molecule has 0 saturated heterocycles. The van der Waals surface area contributed by atoms with Gasteiger partial charge >= 0.3 is 5.97 Å². The fourth-order valence-corrected chi connectivity index (χ4v) is 13.2. The summed E-state index contributed by atoms with van der Waals surface area (Å²) in [5.41, 5.74) is 5.60. The van der Waals surface area contributed by atoms with Gasteiger partial charge in [0.1, 0.15) is 5.60 Å². The number of allylic oxidation sites excluding steroid dienone is 3. The average molecular weight is 657 g/mol. The highest BCUT2D eigenvalue weighted by molar-refractivity contribution is 5.90. The van der Waals surface area contributed by atoms with E-state index in [0.717, 1.165) is 31.3 Å². The van der Waals surface area contributed by atoms with E-state index >= 15 is 0 Å². The van der Waals surface area contributed by atoms with E-state index in [9.17, 15) is 4.79 Å². The highest BCUT2D eigenvalue weighted by Gasteiger charge is 2.70. The number of hydrogen-bond acceptors (Lipinski definition) is 4. The monoisotopic (exact) mass is 657 g/mol. The van der Waals surface area contributed by atoms with Gasteiger partial charge in [0, 0.05) is 18.6 Å². The van der Waals surface area contributed by atoms with Crippen molar-refractivity contribution in [1.29, 1.82) is 0 Å². The Morgan fingerprint density at radius 2 is 1.60 bits per heavy atom. The molecule has 0 bridgehead atoms. The van der Waals surface area contributed by atoms with Crippen LogP contribution in [0.4, 0.5) is 0 Å². The Morgan fingerprint density at radius 1 is 0.917 bits per heavy atom. The maximum Gasteiger partial charge on any atom is 0.338 e. The van der Waals surface area contributed by atoms with E-state index in [1.807, 2.05) is 32.9 Å². The minimum atomic E-state index is -0.493. The zero-order valence-corrected chi connectivity index (χ0v) is 32.5. The molecule has 0 aromatic heterocycles. The summed E-state index contributed by atoms with van der Waals surface area (Å²) in [6.45, 7) is 28.1. The second kappa shape index (κ2) is 12.1. The first-order chi connectivity index (χ1) is 22.3. The lowest BCUT2D eigenvalue weighted by molar-refractivity contribution is -0.219. The van der Waals surface area contributed by atoms with Gasteiger partial charge in [0.2, 0.25) is 0 Å². The zero-order valence-electron chi connectivity index (χ0n) is 32.5. The van der Waals surface area contributed by atoms with Crippen LogP contribution in [-0.4, -0.2) is 49.2 Å². The lowest BCUT2D eigenvalue weighted by Crippen LogP contribution is -2.68. The molecular weight excluding hydrogens is 588 g/mol. The van der Waals surface area contributed by atoms with Crippen molar-refractivity contribution in [3.63, 3.8) is 0 Å². The molecule has 0 unspecified atom stereocenters. The molecule has 4 fully saturated rings. The maximum atomic E-state index is 12.7. The largest absolute Gasteiger partial charge is 0.456 e. The molecule has 5 aliphatic rings. The van der Waals surface area contributed by atoms with E-state index in [1.54, 1.807) is 0 Å². The summed E-state index contributed by atoms with van der Waals surface area (Å²) in [7, 11) is 4.40. The van der Waals surface area contributed by atoms with Crippen molar-refractivity contribution in [2.24, 2.45) is 51.2 Å². The molecule has 4 saturated carbocycles. The normalized spacial score (nSPS) is 40.2. The van der Waals surface area contributed by atoms with Crippen LogP contribution in [0.1, 0.15) is 136 Å². The quantitative estimate of drug-likeness (QED) is 0.234. The SMILES string of the molecule is C=C(C)[C@@H]1CC[C@]2(NCCN(C)C)CC[C@]3(C)[C@H](CC[C@@H]4[C@@]5(C)CC=C(c6ccc(C(=O)OC(C)(C)C)cc6)C(C)(C)[C@@H]5CC[C@]43C)[C@@H]12. The van der Waals surface area contributed by atoms with Crippen molar-refractivity contribution in [2.75, 3.05) is 27.2 Å². The third-order valence-electron chi connectivity index (χ3n) is 15.5. The summed E-state index contributed by atoms with van der Waals surface area (Å²) in [5.74, 6) is 3.24. The number of benzene rings is 1. The number of esters is 1. The van der Waals surface area contributed by atoms with E-state index in [1.165, 1.54) is 68.1 Å². The van der Waals surface area contributed by atoms with Crippen LogP contribution in [0.3, 0.4) is 0 Å². The molecule has 0 amide bonds. The number of carbonyl (C=O) groups excluding carboxylic acids is 1. The molecule has 0 radical (unpaired) electrons. The van der Waals surface area contributed by atoms with Crippen molar-refractivity contribution in [1.82, 2.24) is 10.2 Å². The summed E-state index contributed by atoms with van der Waals surface area (Å²) in [5, 5.41) is 4.24. The molecule has 48 heavy (non-hydrogen) atoms. The second-order valence-corrected chi connectivity index (χ2v) is 19.7. The number of carbonyl (C=O) groups is 1. The fourth-order valence-electron chi connectivity index (χ4n) is 13.2. The van der Waals surface area contributed by atoms with E-state index in [0.29, 0.717) is 34.1 Å². The Hall–Kier alpha value is -1.91. The lowest BCUT2D eigenvalue weighted by atomic mass is 9.33. The summed E-state index contributed by atoms with van der Waals surface area (Å²) in [4.78, 5) is 15.1. The van der Waals surface area contributed by atoms with Gasteiger partial charge in [0.05, 0.1) is 5.56 Å². The molecule has 266 valence electrons. The number of likely N-dealkylation sites (N-methyl/N-ethyl adjacent to an activating group) is 1. The number of fused-ring (bicyclic) bond motifs is 7. The molecule has 0 aliphatic heterocycles. The number of nitrogens with one attached hydrogen (secondary N) is 1. The van der Waals surface area contributed by atoms with Gasteiger partial charge in [0.25, 0.3) is 0 Å². The van der Waals surface area contributed by atoms with Gasteiger partial charge in [-0.05, 0) is 174 Å². The van der Waals surface area contributed by atoms with Crippen LogP contribution >= 0.6 is 0 Å². The molecule has 6 rings (SSSR count). The van der Waals surface area contributed by atoms with Crippen LogP contribution in [0.2, 0.25) is 0 Å². The number of nitrogens with zero attached hydrogens (tertiary/aromatic N) is 1. The van der Waals surface area contributed by atoms with E-state index in [4.69, 9.17) is 4.74 Å². The highest BCUT2D eigenvalue weighted by Crippen LogP contribution is 2.76. The highest BCUT2D eigenvalue weighted by atomic mass is 16.6. The van der Waals surface area contributed by atoms with Crippen molar-refractivity contribution >= 4 is 11.5 Å². The van der Waals surface area contributed by atoms with E-state index in [-0.39, 0.29) is 22.3 Å². The first-order valence-corrected chi connectivity index (χ1v) is 19.4. The van der Waals surface area contributed by atoms with Gasteiger partial charge in [0.15, 0.2) is 0 Å². The standard InChI is InChI=1S/C44H68N2O2/c1-29(2)32-19-24-44(45-27-28-46(11)12)26-25-42(9)34(37(32)44)17-18-36-41(8)22-20-33(40(6,7)35(41)21-23-43(36,42)10)30-13-15-31(16-14-30)38(47)48-39(3,4)5/h13-16,20,32,34-37,45H,1,17-19,21-28H2,2-12H3/t32-,34+,35-,36+,37+,41-,42+,43+,44-/m0/s1. The zero-order chi connectivity index (χ0) is 35.1. The molecule has 0 spiro atoms. The van der Waals surface area contributed by atoms with Crippen molar-refractivity contribution in [2.45, 2.75) is 131 Å². The Morgan fingerprint density at radius 3 is 2.23 bits per heavy atom. The van der Waals surface area contributed by atoms with Gasteiger partial charge in [-0.2, -0.15) is 0 Å².